The van der Waals surface area contributed by atoms with Crippen molar-refractivity contribution in [3.8, 4) is 5.69 Å². The van der Waals surface area contributed by atoms with Crippen molar-refractivity contribution in [2.75, 3.05) is 7.11 Å². The predicted molar refractivity (Wildman–Crippen MR) is 81.6 cm³/mol. The largest absolute Gasteiger partial charge is 0.467 e. The van der Waals surface area contributed by atoms with E-state index in [1.807, 2.05) is 0 Å². The molecule has 0 spiro atoms. The van der Waals surface area contributed by atoms with E-state index in [0.717, 1.165) is 6.07 Å². The van der Waals surface area contributed by atoms with E-state index in [0.29, 0.717) is 0 Å². The highest BCUT2D eigenvalue weighted by Crippen LogP contribution is 2.23. The molecule has 2 aromatic rings. The van der Waals surface area contributed by atoms with E-state index in [2.05, 4.69) is 20.1 Å². The zero-order chi connectivity index (χ0) is 17.9. The maximum Gasteiger partial charge on any atom is 0.330 e. The van der Waals surface area contributed by atoms with E-state index in [9.17, 15) is 19.7 Å². The van der Waals surface area contributed by atoms with Gasteiger partial charge < -0.3 is 10.1 Å². The standard InChI is InChI=1S/C14H15N5O5/c1-14(2,13(21)24-3)17-12(20)9-4-5-10(11(6-9)19(22)23)18-8-15-7-16-18/h4-8H,1-3H3,(H,17,20). The van der Waals surface area contributed by atoms with Crippen molar-refractivity contribution in [3.63, 3.8) is 0 Å². The molecule has 0 aliphatic carbocycles. The van der Waals surface area contributed by atoms with Gasteiger partial charge in [-0.15, -0.1) is 0 Å². The normalized spacial score (nSPS) is 11.0. The summed E-state index contributed by atoms with van der Waals surface area (Å²) in [6.45, 7) is 2.93. The number of rotatable bonds is 5. The minimum Gasteiger partial charge on any atom is -0.467 e. The summed E-state index contributed by atoms with van der Waals surface area (Å²) in [5.41, 5.74) is -1.39. The van der Waals surface area contributed by atoms with Gasteiger partial charge in [0.2, 0.25) is 0 Å². The molecule has 0 radical (unpaired) electrons. The van der Waals surface area contributed by atoms with Gasteiger partial charge in [0.1, 0.15) is 23.9 Å². The zero-order valence-electron chi connectivity index (χ0n) is 13.2. The second-order valence-corrected chi connectivity index (χ2v) is 5.37. The smallest absolute Gasteiger partial charge is 0.330 e. The summed E-state index contributed by atoms with van der Waals surface area (Å²) < 4.78 is 5.82. The molecule has 2 rings (SSSR count). The highest BCUT2D eigenvalue weighted by Gasteiger charge is 2.31. The third-order valence-corrected chi connectivity index (χ3v) is 3.22. The summed E-state index contributed by atoms with van der Waals surface area (Å²) in [5, 5.41) is 17.6. The van der Waals surface area contributed by atoms with Crippen molar-refractivity contribution >= 4 is 17.6 Å². The van der Waals surface area contributed by atoms with Crippen LogP contribution in [0.15, 0.2) is 30.9 Å². The third kappa shape index (κ3) is 3.37. The lowest BCUT2D eigenvalue weighted by molar-refractivity contribution is -0.384. The lowest BCUT2D eigenvalue weighted by atomic mass is 10.0. The minimum absolute atomic E-state index is 0.0301. The van der Waals surface area contributed by atoms with Gasteiger partial charge >= 0.3 is 5.97 Å². The summed E-state index contributed by atoms with van der Waals surface area (Å²) >= 11 is 0. The van der Waals surface area contributed by atoms with Crippen LogP contribution in [0.25, 0.3) is 5.69 Å². The van der Waals surface area contributed by atoms with Crippen LogP contribution in [0.4, 0.5) is 5.69 Å². The highest BCUT2D eigenvalue weighted by molar-refractivity contribution is 5.98. The van der Waals surface area contributed by atoms with Gasteiger partial charge in [-0.3, -0.25) is 14.9 Å². The number of methoxy groups -OCH3 is 1. The van der Waals surface area contributed by atoms with Crippen molar-refractivity contribution in [1.82, 2.24) is 20.1 Å². The highest BCUT2D eigenvalue weighted by atomic mass is 16.6. The molecule has 126 valence electrons. The number of amides is 1. The molecular weight excluding hydrogens is 318 g/mol. The van der Waals surface area contributed by atoms with Crippen molar-refractivity contribution in [2.24, 2.45) is 0 Å². The molecule has 10 nitrogen and oxygen atoms in total. The molecule has 1 amide bonds. The molecule has 0 saturated carbocycles. The summed E-state index contributed by atoms with van der Waals surface area (Å²) in [4.78, 5) is 38.3. The Morgan fingerprint density at radius 1 is 1.38 bits per heavy atom. The number of nitrogens with zero attached hydrogens (tertiary/aromatic N) is 4. The van der Waals surface area contributed by atoms with Crippen molar-refractivity contribution in [2.45, 2.75) is 19.4 Å². The van der Waals surface area contributed by atoms with Crippen molar-refractivity contribution < 1.29 is 19.2 Å². The molecule has 1 aromatic carbocycles. The fourth-order valence-corrected chi connectivity index (χ4v) is 2.00. The number of aromatic nitrogens is 3. The average molecular weight is 333 g/mol. The fourth-order valence-electron chi connectivity index (χ4n) is 2.00. The Labute approximate surface area is 136 Å². The number of carbonyl (C=O) groups excluding carboxylic acids is 2. The van der Waals surface area contributed by atoms with Gasteiger partial charge in [0.25, 0.3) is 11.6 Å². The molecule has 1 heterocycles. The molecule has 24 heavy (non-hydrogen) atoms. The van der Waals surface area contributed by atoms with E-state index in [1.54, 1.807) is 0 Å². The second kappa shape index (κ2) is 6.44. The summed E-state index contributed by atoms with van der Waals surface area (Å²) in [5.74, 6) is -1.27. The number of nitro benzene ring substituents is 1. The maximum atomic E-state index is 12.3. The van der Waals surface area contributed by atoms with Crippen molar-refractivity contribution in [1.29, 1.82) is 0 Å². The van der Waals surface area contributed by atoms with Crippen LogP contribution in [0.2, 0.25) is 0 Å². The average Bonchev–Trinajstić information content (AvgIpc) is 3.07. The first-order chi connectivity index (χ1) is 11.3. The maximum absolute atomic E-state index is 12.3. The Kier molecular flexibility index (Phi) is 4.58. The van der Waals surface area contributed by atoms with Gasteiger partial charge in [-0.25, -0.2) is 14.5 Å². The van der Waals surface area contributed by atoms with Gasteiger partial charge in [-0.2, -0.15) is 5.10 Å². The molecule has 0 aliphatic heterocycles. The molecule has 0 fully saturated rings. The first-order valence-electron chi connectivity index (χ1n) is 6.80. The molecule has 0 atom stereocenters. The minimum atomic E-state index is -1.27. The number of hydrogen-bond donors (Lipinski definition) is 1. The van der Waals surface area contributed by atoms with Crippen LogP contribution in [-0.2, 0) is 9.53 Å². The monoisotopic (exact) mass is 333 g/mol. The number of ether oxygens (including phenoxy) is 1. The van der Waals surface area contributed by atoms with Crippen LogP contribution >= 0.6 is 0 Å². The van der Waals surface area contributed by atoms with E-state index >= 15 is 0 Å². The van der Waals surface area contributed by atoms with Crippen LogP contribution in [-0.4, -0.2) is 44.2 Å². The van der Waals surface area contributed by atoms with Crippen LogP contribution in [0.3, 0.4) is 0 Å². The molecule has 1 N–H and O–H groups in total. The van der Waals surface area contributed by atoms with E-state index in [1.165, 1.54) is 50.4 Å². The van der Waals surface area contributed by atoms with Crippen LogP contribution in [0.5, 0.6) is 0 Å². The molecule has 0 bridgehead atoms. The van der Waals surface area contributed by atoms with E-state index < -0.39 is 22.3 Å². The van der Waals surface area contributed by atoms with Gasteiger partial charge in [0.05, 0.1) is 12.0 Å². The van der Waals surface area contributed by atoms with Gasteiger partial charge in [-0.05, 0) is 26.0 Å². The number of nitro groups is 1. The number of nitrogens with one attached hydrogen (secondary N) is 1. The first-order valence-corrected chi connectivity index (χ1v) is 6.80. The van der Waals surface area contributed by atoms with Crippen LogP contribution < -0.4 is 5.32 Å². The van der Waals surface area contributed by atoms with Crippen molar-refractivity contribution in [3.05, 3.63) is 46.5 Å². The first kappa shape index (κ1) is 17.1. The summed E-state index contributed by atoms with van der Waals surface area (Å²) in [6.07, 6.45) is 2.55. The topological polar surface area (TPSA) is 129 Å². The molecule has 0 aliphatic rings. The van der Waals surface area contributed by atoms with Gasteiger partial charge in [0.15, 0.2) is 0 Å². The third-order valence-electron chi connectivity index (χ3n) is 3.22. The summed E-state index contributed by atoms with van der Waals surface area (Å²) in [7, 11) is 1.20. The van der Waals surface area contributed by atoms with Gasteiger partial charge in [0, 0.05) is 11.6 Å². The Balaban J connectivity index is 2.35. The van der Waals surface area contributed by atoms with Crippen LogP contribution in [0.1, 0.15) is 24.2 Å². The van der Waals surface area contributed by atoms with Crippen LogP contribution in [0, 0.1) is 10.1 Å². The predicted octanol–water partition coefficient (Wildman–Crippen LogP) is 0.857. The Morgan fingerprint density at radius 3 is 2.62 bits per heavy atom. The molecule has 1 aromatic heterocycles. The second-order valence-electron chi connectivity index (χ2n) is 5.37. The quantitative estimate of drug-likeness (QED) is 0.488. The number of carbonyl (C=O) groups is 2. The molecule has 0 unspecified atom stereocenters. The van der Waals surface area contributed by atoms with E-state index in [-0.39, 0.29) is 16.9 Å². The number of benzene rings is 1. The molecule has 10 heteroatoms. The lowest BCUT2D eigenvalue weighted by Gasteiger charge is -2.23. The lowest BCUT2D eigenvalue weighted by Crippen LogP contribution is -2.50. The number of esters is 1. The van der Waals surface area contributed by atoms with Gasteiger partial charge in [-0.1, -0.05) is 0 Å². The fraction of sp³-hybridized carbons (Fsp3) is 0.286. The zero-order valence-corrected chi connectivity index (χ0v) is 13.2. The van der Waals surface area contributed by atoms with E-state index in [4.69, 9.17) is 0 Å². The number of hydrogen-bond acceptors (Lipinski definition) is 7. The Hall–Kier alpha value is -3.30. The molecular formula is C14H15N5O5. The Bertz CT molecular complexity index is 785. The Morgan fingerprint density at radius 2 is 2.08 bits per heavy atom. The molecule has 0 saturated heterocycles. The SMILES string of the molecule is COC(=O)C(C)(C)NC(=O)c1ccc(-n2cncn2)c([N+](=O)[O-])c1. The summed E-state index contributed by atoms with van der Waals surface area (Å²) in [6, 6.07) is 3.89.